The molecule has 4 heteroatoms. The maximum Gasteiger partial charge on any atom is 0.361 e. The number of ether oxygens (including phenoxy) is 1. The molecule has 24 heavy (non-hydrogen) atoms. The summed E-state index contributed by atoms with van der Waals surface area (Å²) in [5, 5.41) is 0. The van der Waals surface area contributed by atoms with Gasteiger partial charge in [-0.25, -0.2) is 4.79 Å². The largest absolute Gasteiger partial charge is 1.00 e. The van der Waals surface area contributed by atoms with E-state index in [-0.39, 0.29) is 23.0 Å². The van der Waals surface area contributed by atoms with Gasteiger partial charge in [0.05, 0.1) is 20.7 Å². The third kappa shape index (κ3) is 11.6. The third-order valence-corrected chi connectivity index (χ3v) is 4.02. The maximum absolute atomic E-state index is 12.0. The van der Waals surface area contributed by atoms with Crippen molar-refractivity contribution in [2.24, 2.45) is 0 Å². The van der Waals surface area contributed by atoms with Crippen LogP contribution < -0.4 is 17.0 Å². The molecule has 0 atom stereocenters. The number of halogens is 1. The molecule has 0 bridgehead atoms. The summed E-state index contributed by atoms with van der Waals surface area (Å²) < 4.78 is 6.01. The molecule has 1 aromatic carbocycles. The molecule has 1 rings (SSSR count). The second-order valence-electron chi connectivity index (χ2n) is 7.08. The summed E-state index contributed by atoms with van der Waals surface area (Å²) in [5.74, 6) is -0.0862. The molecule has 0 N–H and O–H groups in total. The molecule has 0 aliphatic heterocycles. The number of quaternary nitrogens is 1. The predicted octanol–water partition coefficient (Wildman–Crippen LogP) is 1.56. The van der Waals surface area contributed by atoms with Crippen LogP contribution in [0.5, 0.6) is 0 Å². The van der Waals surface area contributed by atoms with E-state index in [1.165, 1.54) is 44.1 Å². The van der Waals surface area contributed by atoms with Crippen LogP contribution in [0.25, 0.3) is 0 Å². The topological polar surface area (TPSA) is 26.3 Å². The average molecular weight is 400 g/mol. The van der Waals surface area contributed by atoms with Crippen molar-refractivity contribution < 1.29 is 31.0 Å². The quantitative estimate of drug-likeness (QED) is 0.303. The van der Waals surface area contributed by atoms with Crippen molar-refractivity contribution in [2.45, 2.75) is 58.4 Å². The van der Waals surface area contributed by atoms with E-state index in [0.29, 0.717) is 17.6 Å². The number of benzene rings is 1. The van der Waals surface area contributed by atoms with Crippen molar-refractivity contribution in [2.75, 3.05) is 27.2 Å². The van der Waals surface area contributed by atoms with Gasteiger partial charge in [0, 0.05) is 5.56 Å². The number of hydrogen-bond donors (Lipinski definition) is 0. The summed E-state index contributed by atoms with van der Waals surface area (Å²) in [6, 6.07) is 10.3. The van der Waals surface area contributed by atoms with Crippen LogP contribution in [0.1, 0.15) is 57.4 Å². The van der Waals surface area contributed by atoms with E-state index < -0.39 is 0 Å². The van der Waals surface area contributed by atoms with Crippen LogP contribution in [0, 0.1) is 0 Å². The molecule has 0 radical (unpaired) electrons. The molecular formula is C20H34BrNO2. The Kier molecular flexibility index (Phi) is 12.9. The first-order chi connectivity index (χ1) is 11.0. The number of nitrogens with zero attached hydrogens (tertiary/aromatic N) is 1. The van der Waals surface area contributed by atoms with Crippen LogP contribution >= 0.6 is 0 Å². The van der Waals surface area contributed by atoms with Gasteiger partial charge in [-0.2, -0.15) is 0 Å². The molecule has 0 spiro atoms. The predicted molar refractivity (Wildman–Crippen MR) is 96.1 cm³/mol. The molecule has 1 aromatic rings. The highest BCUT2D eigenvalue weighted by Gasteiger charge is 2.21. The van der Waals surface area contributed by atoms with Crippen LogP contribution in [-0.4, -0.2) is 37.7 Å². The van der Waals surface area contributed by atoms with Crippen molar-refractivity contribution in [3.05, 3.63) is 35.9 Å². The first-order valence-electron chi connectivity index (χ1n) is 9.05. The van der Waals surface area contributed by atoms with Crippen LogP contribution in [0.3, 0.4) is 0 Å². The molecule has 0 heterocycles. The average Bonchev–Trinajstić information content (AvgIpc) is 2.50. The fourth-order valence-electron chi connectivity index (χ4n) is 2.77. The van der Waals surface area contributed by atoms with Gasteiger partial charge >= 0.3 is 5.97 Å². The summed E-state index contributed by atoms with van der Waals surface area (Å²) in [4.78, 5) is 12.0. The number of rotatable bonds is 12. The Morgan fingerprint density at radius 1 is 0.958 bits per heavy atom. The minimum absolute atomic E-state index is 0. The van der Waals surface area contributed by atoms with Crippen molar-refractivity contribution in [3.8, 4) is 0 Å². The van der Waals surface area contributed by atoms with E-state index in [4.69, 9.17) is 4.74 Å². The Balaban J connectivity index is 0.00000529. The Hall–Kier alpha value is -0.870. The molecule has 0 unspecified atom stereocenters. The highest BCUT2D eigenvalue weighted by molar-refractivity contribution is 5.70. The van der Waals surface area contributed by atoms with Gasteiger partial charge in [0.15, 0.2) is 6.54 Å². The zero-order chi connectivity index (χ0) is 17.0. The van der Waals surface area contributed by atoms with Gasteiger partial charge in [0.25, 0.3) is 0 Å². The normalized spacial score (nSPS) is 11.0. The number of carbonyl (C=O) groups is 1. The minimum atomic E-state index is -0.0862. The lowest BCUT2D eigenvalue weighted by atomic mass is 10.1. The van der Waals surface area contributed by atoms with Gasteiger partial charge in [-0.15, -0.1) is 0 Å². The molecule has 0 aromatic heterocycles. The fraction of sp³-hybridized carbons (Fsp3) is 0.650. The molecule has 0 aliphatic rings. The zero-order valence-corrected chi connectivity index (χ0v) is 17.2. The summed E-state index contributed by atoms with van der Waals surface area (Å²) >= 11 is 0. The molecule has 0 saturated carbocycles. The summed E-state index contributed by atoms with van der Waals surface area (Å²) in [6.45, 7) is 4.06. The van der Waals surface area contributed by atoms with E-state index in [9.17, 15) is 4.79 Å². The molecule has 3 nitrogen and oxygen atoms in total. The van der Waals surface area contributed by atoms with E-state index in [1.54, 1.807) is 0 Å². The third-order valence-electron chi connectivity index (χ3n) is 4.02. The van der Waals surface area contributed by atoms with E-state index in [2.05, 4.69) is 33.2 Å². The molecule has 0 aliphatic carbocycles. The molecular weight excluding hydrogens is 366 g/mol. The first kappa shape index (κ1) is 23.1. The van der Waals surface area contributed by atoms with Crippen molar-refractivity contribution in [1.82, 2.24) is 0 Å². The molecule has 0 amide bonds. The fourth-order valence-corrected chi connectivity index (χ4v) is 2.77. The van der Waals surface area contributed by atoms with Crippen molar-refractivity contribution in [3.63, 3.8) is 0 Å². The first-order valence-corrected chi connectivity index (χ1v) is 9.05. The second-order valence-corrected chi connectivity index (χ2v) is 7.08. The maximum atomic E-state index is 12.0. The zero-order valence-electron chi connectivity index (χ0n) is 15.6. The number of carbonyl (C=O) groups excluding carboxylic acids is 1. The molecule has 0 fully saturated rings. The molecule has 138 valence electrons. The number of esters is 1. The Morgan fingerprint density at radius 3 is 2.17 bits per heavy atom. The molecule has 0 saturated heterocycles. The SMILES string of the molecule is CCCCCCCCCOC(=O)C[N+](C)(C)Cc1ccccc1.[Br-]. The number of hydrogen-bond acceptors (Lipinski definition) is 2. The lowest BCUT2D eigenvalue weighted by Crippen LogP contribution is -3.00. The van der Waals surface area contributed by atoms with Crippen LogP contribution in [0.2, 0.25) is 0 Å². The Labute approximate surface area is 158 Å². The number of likely N-dealkylation sites (N-methyl/N-ethyl adjacent to an activating group) is 1. The Bertz CT molecular complexity index is 435. The van der Waals surface area contributed by atoms with Gasteiger partial charge in [-0.3, -0.25) is 0 Å². The van der Waals surface area contributed by atoms with Crippen LogP contribution in [-0.2, 0) is 16.1 Å². The monoisotopic (exact) mass is 399 g/mol. The number of unbranched alkanes of at least 4 members (excludes halogenated alkanes) is 6. The van der Waals surface area contributed by atoms with Crippen molar-refractivity contribution >= 4 is 5.97 Å². The van der Waals surface area contributed by atoms with Crippen molar-refractivity contribution in [1.29, 1.82) is 0 Å². The summed E-state index contributed by atoms with van der Waals surface area (Å²) in [6.07, 6.45) is 8.68. The van der Waals surface area contributed by atoms with E-state index >= 15 is 0 Å². The lowest BCUT2D eigenvalue weighted by molar-refractivity contribution is -0.896. The van der Waals surface area contributed by atoms with E-state index in [1.807, 2.05) is 18.2 Å². The van der Waals surface area contributed by atoms with Crippen LogP contribution in [0.15, 0.2) is 30.3 Å². The van der Waals surface area contributed by atoms with Gasteiger partial charge in [0.1, 0.15) is 6.54 Å². The van der Waals surface area contributed by atoms with Gasteiger partial charge in [-0.05, 0) is 6.42 Å². The van der Waals surface area contributed by atoms with Gasteiger partial charge < -0.3 is 26.2 Å². The summed E-state index contributed by atoms with van der Waals surface area (Å²) in [5.41, 5.74) is 1.25. The summed E-state index contributed by atoms with van der Waals surface area (Å²) in [7, 11) is 4.14. The van der Waals surface area contributed by atoms with Gasteiger partial charge in [0.2, 0.25) is 0 Å². The highest BCUT2D eigenvalue weighted by Crippen LogP contribution is 2.10. The minimum Gasteiger partial charge on any atom is -1.00 e. The Morgan fingerprint density at radius 2 is 1.54 bits per heavy atom. The lowest BCUT2D eigenvalue weighted by Gasteiger charge is -2.28. The van der Waals surface area contributed by atoms with E-state index in [0.717, 1.165) is 13.0 Å². The van der Waals surface area contributed by atoms with Gasteiger partial charge in [-0.1, -0.05) is 75.8 Å². The van der Waals surface area contributed by atoms with Crippen LogP contribution in [0.4, 0.5) is 0 Å². The second kappa shape index (κ2) is 13.4. The standard InChI is InChI=1S/C20H34NO2.BrH/c1-4-5-6-7-8-9-13-16-23-20(22)18-21(2,3)17-19-14-11-10-12-15-19;/h10-12,14-15H,4-9,13,16-18H2,1-3H3;1H/q+1;/p-1. The smallest absolute Gasteiger partial charge is 0.361 e. The highest BCUT2D eigenvalue weighted by atomic mass is 79.9.